The van der Waals surface area contributed by atoms with E-state index >= 15 is 0 Å². The number of thioether (sulfide) groups is 1. The lowest BCUT2D eigenvalue weighted by molar-refractivity contribution is 0.0151. The zero-order valence-corrected chi connectivity index (χ0v) is 10.2. The molecule has 0 aromatic rings. The Balaban J connectivity index is 1.92. The highest BCUT2D eigenvalue weighted by atomic mass is 35.5. The lowest BCUT2D eigenvalue weighted by Crippen LogP contribution is -2.40. The van der Waals surface area contributed by atoms with Crippen LogP contribution in [0.25, 0.3) is 0 Å². The number of nitrogens with zero attached hydrogens (tertiary/aromatic N) is 1. The van der Waals surface area contributed by atoms with E-state index in [1.807, 2.05) is 0 Å². The lowest BCUT2D eigenvalue weighted by Gasteiger charge is -2.28. The normalized spacial score (nSPS) is 39.4. The number of likely N-dealkylation sites (tertiary alicyclic amines) is 1. The van der Waals surface area contributed by atoms with E-state index in [1.165, 1.54) is 17.9 Å². The van der Waals surface area contributed by atoms with E-state index in [2.05, 4.69) is 16.7 Å². The molecule has 2 rings (SSSR count). The molecule has 0 aromatic heterocycles. The third-order valence-corrected chi connectivity index (χ3v) is 5.08. The Labute approximate surface area is 95.3 Å². The highest BCUT2D eigenvalue weighted by Gasteiger charge is 2.40. The maximum atomic E-state index is 5.98. The molecule has 0 amide bonds. The molecule has 2 heterocycles. The molecule has 14 heavy (non-hydrogen) atoms. The molecule has 0 radical (unpaired) electrons. The second-order valence-corrected chi connectivity index (χ2v) is 5.68. The summed E-state index contributed by atoms with van der Waals surface area (Å²) in [5.41, 5.74) is -0.0607. The van der Waals surface area contributed by atoms with Crippen molar-refractivity contribution in [1.82, 2.24) is 4.90 Å². The van der Waals surface area contributed by atoms with Crippen molar-refractivity contribution in [3.05, 3.63) is 0 Å². The van der Waals surface area contributed by atoms with E-state index in [-0.39, 0.29) is 5.60 Å². The minimum atomic E-state index is -0.0607. The number of halogens is 1. The van der Waals surface area contributed by atoms with Crippen LogP contribution in [0.2, 0.25) is 0 Å². The van der Waals surface area contributed by atoms with Gasteiger partial charge in [0.2, 0.25) is 0 Å². The van der Waals surface area contributed by atoms with Gasteiger partial charge in [0, 0.05) is 32.0 Å². The molecule has 2 aliphatic rings. The van der Waals surface area contributed by atoms with E-state index in [1.54, 1.807) is 7.11 Å². The third-order valence-electron chi connectivity index (χ3n) is 3.44. The zero-order valence-electron chi connectivity index (χ0n) is 8.67. The molecular formula is C10H18ClNOS. The minimum absolute atomic E-state index is 0.0607. The average molecular weight is 236 g/mol. The Morgan fingerprint density at radius 2 is 2.50 bits per heavy atom. The van der Waals surface area contributed by atoms with E-state index in [9.17, 15) is 0 Å². The molecule has 0 bridgehead atoms. The standard InChI is InChI=1S/C10H18ClNOS/c1-13-10(7-11)3-4-12(8-10)9-2-5-14-6-9/h9H,2-8H2,1H3. The summed E-state index contributed by atoms with van der Waals surface area (Å²) >= 11 is 8.05. The van der Waals surface area contributed by atoms with Crippen LogP contribution in [0.5, 0.6) is 0 Å². The highest BCUT2D eigenvalue weighted by Crippen LogP contribution is 2.31. The second kappa shape index (κ2) is 4.60. The fourth-order valence-corrected chi connectivity index (χ4v) is 3.91. The van der Waals surface area contributed by atoms with Gasteiger partial charge in [-0.25, -0.2) is 0 Å². The Morgan fingerprint density at radius 3 is 3.00 bits per heavy atom. The van der Waals surface area contributed by atoms with Gasteiger partial charge in [-0.1, -0.05) is 0 Å². The first-order valence-electron chi connectivity index (χ1n) is 5.22. The van der Waals surface area contributed by atoms with Gasteiger partial charge in [0.15, 0.2) is 0 Å². The smallest absolute Gasteiger partial charge is 0.0951 e. The van der Waals surface area contributed by atoms with Crippen molar-refractivity contribution >= 4 is 23.4 Å². The van der Waals surface area contributed by atoms with Gasteiger partial charge in [-0.05, 0) is 18.6 Å². The third kappa shape index (κ3) is 2.06. The minimum Gasteiger partial charge on any atom is -0.376 e. The monoisotopic (exact) mass is 235 g/mol. The van der Waals surface area contributed by atoms with Crippen molar-refractivity contribution in [2.24, 2.45) is 0 Å². The molecule has 0 aliphatic carbocycles. The predicted octanol–water partition coefficient (Wildman–Crippen LogP) is 1.82. The number of rotatable bonds is 3. The van der Waals surface area contributed by atoms with Crippen molar-refractivity contribution in [1.29, 1.82) is 0 Å². The van der Waals surface area contributed by atoms with Gasteiger partial charge in [-0.15, -0.1) is 11.6 Å². The average Bonchev–Trinajstić information content (AvgIpc) is 2.87. The number of ether oxygens (including phenoxy) is 1. The predicted molar refractivity (Wildman–Crippen MR) is 62.4 cm³/mol. The fourth-order valence-electron chi connectivity index (χ4n) is 2.33. The maximum Gasteiger partial charge on any atom is 0.0951 e. The summed E-state index contributed by atoms with van der Waals surface area (Å²) in [7, 11) is 1.79. The molecule has 0 saturated carbocycles. The largest absolute Gasteiger partial charge is 0.376 e. The second-order valence-electron chi connectivity index (χ2n) is 4.26. The van der Waals surface area contributed by atoms with Crippen molar-refractivity contribution in [2.45, 2.75) is 24.5 Å². The first kappa shape index (κ1) is 11.1. The molecule has 2 fully saturated rings. The number of hydrogen-bond acceptors (Lipinski definition) is 3. The Bertz CT molecular complexity index is 193. The van der Waals surface area contributed by atoms with E-state index in [4.69, 9.17) is 16.3 Å². The quantitative estimate of drug-likeness (QED) is 0.693. The molecule has 0 spiro atoms. The van der Waals surface area contributed by atoms with Crippen molar-refractivity contribution < 1.29 is 4.74 Å². The first-order valence-corrected chi connectivity index (χ1v) is 6.91. The van der Waals surface area contributed by atoms with Crippen LogP contribution in [-0.2, 0) is 4.74 Å². The van der Waals surface area contributed by atoms with Crippen LogP contribution < -0.4 is 0 Å². The van der Waals surface area contributed by atoms with Gasteiger partial charge in [-0.2, -0.15) is 11.8 Å². The molecule has 0 N–H and O–H groups in total. The summed E-state index contributed by atoms with van der Waals surface area (Å²) < 4.78 is 5.56. The van der Waals surface area contributed by atoms with Crippen molar-refractivity contribution in [3.63, 3.8) is 0 Å². The SMILES string of the molecule is COC1(CCl)CCN(C2CCSC2)C1. The fraction of sp³-hybridized carbons (Fsp3) is 1.00. The Hall–Kier alpha value is 0.560. The van der Waals surface area contributed by atoms with Crippen molar-refractivity contribution in [3.8, 4) is 0 Å². The molecule has 0 aromatic carbocycles. The van der Waals surface area contributed by atoms with Gasteiger partial charge in [0.05, 0.1) is 11.5 Å². The summed E-state index contributed by atoms with van der Waals surface area (Å²) in [6.07, 6.45) is 2.43. The summed E-state index contributed by atoms with van der Waals surface area (Å²) in [5, 5.41) is 0. The van der Waals surface area contributed by atoms with Gasteiger partial charge in [0.25, 0.3) is 0 Å². The van der Waals surface area contributed by atoms with E-state index < -0.39 is 0 Å². The van der Waals surface area contributed by atoms with Gasteiger partial charge >= 0.3 is 0 Å². The summed E-state index contributed by atoms with van der Waals surface area (Å²) in [5.74, 6) is 3.24. The summed E-state index contributed by atoms with van der Waals surface area (Å²) in [6.45, 7) is 2.18. The zero-order chi connectivity index (χ0) is 10.0. The number of alkyl halides is 1. The summed E-state index contributed by atoms with van der Waals surface area (Å²) in [4.78, 5) is 2.56. The van der Waals surface area contributed by atoms with Gasteiger partial charge in [-0.3, -0.25) is 4.90 Å². The highest BCUT2D eigenvalue weighted by molar-refractivity contribution is 7.99. The lowest BCUT2D eigenvalue weighted by atomic mass is 10.1. The van der Waals surface area contributed by atoms with E-state index in [0.29, 0.717) is 5.88 Å². The van der Waals surface area contributed by atoms with Gasteiger partial charge < -0.3 is 4.74 Å². The number of methoxy groups -OCH3 is 1. The molecule has 2 aliphatic heterocycles. The molecule has 82 valence electrons. The Kier molecular flexibility index (Phi) is 3.63. The molecule has 2 unspecified atom stereocenters. The van der Waals surface area contributed by atoms with Crippen LogP contribution in [0, 0.1) is 0 Å². The molecule has 2 nitrogen and oxygen atoms in total. The first-order chi connectivity index (χ1) is 6.79. The molecule has 4 heteroatoms. The number of hydrogen-bond donors (Lipinski definition) is 0. The van der Waals surface area contributed by atoms with Crippen LogP contribution in [0.3, 0.4) is 0 Å². The van der Waals surface area contributed by atoms with Crippen LogP contribution in [0.15, 0.2) is 0 Å². The Morgan fingerprint density at radius 1 is 1.64 bits per heavy atom. The molecule has 2 saturated heterocycles. The van der Waals surface area contributed by atoms with Gasteiger partial charge in [0.1, 0.15) is 0 Å². The van der Waals surface area contributed by atoms with Crippen molar-refractivity contribution in [2.75, 3.05) is 37.6 Å². The molecular weight excluding hydrogens is 218 g/mol. The maximum absolute atomic E-state index is 5.98. The van der Waals surface area contributed by atoms with Crippen LogP contribution in [0.1, 0.15) is 12.8 Å². The van der Waals surface area contributed by atoms with E-state index in [0.717, 1.165) is 25.6 Å². The van der Waals surface area contributed by atoms with Crippen LogP contribution in [0.4, 0.5) is 0 Å². The molecule has 2 atom stereocenters. The topological polar surface area (TPSA) is 12.5 Å². The summed E-state index contributed by atoms with van der Waals surface area (Å²) in [6, 6.07) is 0.778. The van der Waals surface area contributed by atoms with Crippen LogP contribution in [-0.4, -0.2) is 54.1 Å². The van der Waals surface area contributed by atoms with Crippen LogP contribution >= 0.6 is 23.4 Å².